The van der Waals surface area contributed by atoms with Gasteiger partial charge in [-0.05, 0) is 43.2 Å². The van der Waals surface area contributed by atoms with Gasteiger partial charge in [0.15, 0.2) is 11.7 Å². The summed E-state index contributed by atoms with van der Waals surface area (Å²) in [6.45, 7) is 0. The molecule has 1 aromatic rings. The van der Waals surface area contributed by atoms with Crippen molar-refractivity contribution in [1.29, 1.82) is 10.7 Å². The lowest BCUT2D eigenvalue weighted by molar-refractivity contribution is 0.171. The van der Waals surface area contributed by atoms with Gasteiger partial charge >= 0.3 is 0 Å². The lowest BCUT2D eigenvalue weighted by Gasteiger charge is -2.19. The maximum absolute atomic E-state index is 9.48. The first kappa shape index (κ1) is 13.5. The molecule has 110 valence electrons. The van der Waals surface area contributed by atoms with E-state index in [4.69, 9.17) is 10.7 Å². The van der Waals surface area contributed by atoms with Gasteiger partial charge < -0.3 is 10.5 Å². The molecule has 4 N–H and O–H groups in total. The second-order valence-corrected chi connectivity index (χ2v) is 5.73. The number of pyridine rings is 1. The Kier molecular flexibility index (Phi) is 3.52. The molecule has 3 rings (SSSR count). The van der Waals surface area contributed by atoms with Gasteiger partial charge in [-0.1, -0.05) is 6.42 Å². The fraction of sp³-hybridized carbons (Fsp3) is 0.500. The monoisotopic (exact) mass is 286 g/mol. The van der Waals surface area contributed by atoms with Crippen LogP contribution >= 0.6 is 0 Å². The number of aliphatic imine (C=N–C) groups is 1. The smallest absolute Gasteiger partial charge is 0.209 e. The number of nitrogens with one attached hydrogen (secondary N) is 3. The average Bonchev–Trinajstić information content (AvgIpc) is 3.05. The number of nitriles is 1. The molecule has 0 aliphatic heterocycles. The SMILES string of the molecule is N#CNC(=NC1C[C@H]2CC[C@@H]1C2)Nc1ccc(=N)n(O)c1. The van der Waals surface area contributed by atoms with Crippen molar-refractivity contribution in [2.24, 2.45) is 16.8 Å². The Labute approximate surface area is 122 Å². The Morgan fingerprint density at radius 3 is 2.90 bits per heavy atom. The van der Waals surface area contributed by atoms with Gasteiger partial charge in [0.05, 0.1) is 17.9 Å². The predicted octanol–water partition coefficient (Wildman–Crippen LogP) is 1.23. The summed E-state index contributed by atoms with van der Waals surface area (Å²) in [4.78, 5) is 4.63. The van der Waals surface area contributed by atoms with Gasteiger partial charge in [-0.25, -0.2) is 4.99 Å². The highest BCUT2D eigenvalue weighted by molar-refractivity contribution is 5.94. The molecule has 2 aliphatic rings. The zero-order chi connectivity index (χ0) is 14.8. The van der Waals surface area contributed by atoms with Crippen molar-refractivity contribution in [2.75, 3.05) is 5.32 Å². The molecule has 1 heterocycles. The van der Waals surface area contributed by atoms with Gasteiger partial charge in [0, 0.05) is 0 Å². The molecule has 0 aromatic carbocycles. The Hall–Kier alpha value is -2.49. The highest BCUT2D eigenvalue weighted by Gasteiger charge is 2.39. The van der Waals surface area contributed by atoms with Crippen LogP contribution in [-0.2, 0) is 0 Å². The fourth-order valence-electron chi connectivity index (χ4n) is 3.38. The summed E-state index contributed by atoms with van der Waals surface area (Å²) < 4.78 is 0.712. The molecule has 2 saturated carbocycles. The van der Waals surface area contributed by atoms with Crippen molar-refractivity contribution < 1.29 is 5.21 Å². The number of hydrogen-bond acceptors (Lipinski definition) is 4. The van der Waals surface area contributed by atoms with Crippen LogP contribution in [0.5, 0.6) is 0 Å². The maximum atomic E-state index is 9.48. The van der Waals surface area contributed by atoms with Crippen molar-refractivity contribution in [3.05, 3.63) is 23.8 Å². The van der Waals surface area contributed by atoms with E-state index in [1.807, 2.05) is 6.19 Å². The molecule has 7 heteroatoms. The van der Waals surface area contributed by atoms with E-state index in [0.29, 0.717) is 22.3 Å². The Balaban J connectivity index is 1.76. The lowest BCUT2D eigenvalue weighted by Crippen LogP contribution is -2.30. The third-order valence-corrected chi connectivity index (χ3v) is 4.36. The summed E-state index contributed by atoms with van der Waals surface area (Å²) in [5.41, 5.74) is 0.554. The van der Waals surface area contributed by atoms with Gasteiger partial charge in [-0.2, -0.15) is 9.99 Å². The summed E-state index contributed by atoms with van der Waals surface area (Å²) >= 11 is 0. The second-order valence-electron chi connectivity index (χ2n) is 5.73. The first-order chi connectivity index (χ1) is 10.2. The van der Waals surface area contributed by atoms with Crippen LogP contribution in [0.3, 0.4) is 0 Å². The first-order valence-electron chi connectivity index (χ1n) is 7.12. The van der Waals surface area contributed by atoms with E-state index >= 15 is 0 Å². The van der Waals surface area contributed by atoms with E-state index < -0.39 is 0 Å². The van der Waals surface area contributed by atoms with E-state index in [-0.39, 0.29) is 11.5 Å². The van der Waals surface area contributed by atoms with Gasteiger partial charge in [-0.3, -0.25) is 10.7 Å². The number of nitrogens with zero attached hydrogens (tertiary/aromatic N) is 3. The van der Waals surface area contributed by atoms with Crippen LogP contribution in [0.15, 0.2) is 23.3 Å². The van der Waals surface area contributed by atoms with Crippen LogP contribution in [0.4, 0.5) is 5.69 Å². The van der Waals surface area contributed by atoms with Crippen LogP contribution in [0, 0.1) is 28.7 Å². The highest BCUT2D eigenvalue weighted by Crippen LogP contribution is 2.45. The van der Waals surface area contributed by atoms with Gasteiger partial charge in [0.1, 0.15) is 0 Å². The van der Waals surface area contributed by atoms with Crippen molar-refractivity contribution in [3.63, 3.8) is 0 Å². The second kappa shape index (κ2) is 5.48. The van der Waals surface area contributed by atoms with Gasteiger partial charge in [-0.15, -0.1) is 0 Å². The van der Waals surface area contributed by atoms with Gasteiger partial charge in [0.2, 0.25) is 5.96 Å². The summed E-state index contributed by atoms with van der Waals surface area (Å²) in [6, 6.07) is 3.39. The summed E-state index contributed by atoms with van der Waals surface area (Å²) in [5.74, 6) is 1.81. The Bertz CT molecular complexity index is 658. The largest absolute Gasteiger partial charge is 0.427 e. The molecule has 0 radical (unpaired) electrons. The maximum Gasteiger partial charge on any atom is 0.209 e. The molecule has 2 bridgehead atoms. The highest BCUT2D eigenvalue weighted by atomic mass is 16.5. The Morgan fingerprint density at radius 1 is 1.43 bits per heavy atom. The molecule has 2 aliphatic carbocycles. The zero-order valence-corrected chi connectivity index (χ0v) is 11.6. The number of anilines is 1. The predicted molar refractivity (Wildman–Crippen MR) is 76.5 cm³/mol. The molecule has 1 aromatic heterocycles. The first-order valence-corrected chi connectivity index (χ1v) is 7.12. The van der Waals surface area contributed by atoms with E-state index in [2.05, 4.69) is 15.6 Å². The molecule has 7 nitrogen and oxygen atoms in total. The number of guanidine groups is 1. The van der Waals surface area contributed by atoms with E-state index in [1.54, 1.807) is 6.07 Å². The van der Waals surface area contributed by atoms with E-state index in [1.165, 1.54) is 31.5 Å². The number of hydrogen-bond donors (Lipinski definition) is 4. The minimum absolute atomic E-state index is 0.0135. The quantitative estimate of drug-likeness (QED) is 0.215. The number of aromatic nitrogens is 1. The third-order valence-electron chi connectivity index (χ3n) is 4.36. The summed E-state index contributed by atoms with van der Waals surface area (Å²) in [5, 5.41) is 31.3. The van der Waals surface area contributed by atoms with E-state index in [9.17, 15) is 5.21 Å². The Morgan fingerprint density at radius 2 is 2.29 bits per heavy atom. The van der Waals surface area contributed by atoms with Crippen molar-refractivity contribution >= 4 is 11.6 Å². The van der Waals surface area contributed by atoms with Crippen molar-refractivity contribution in [1.82, 2.24) is 10.0 Å². The molecule has 1 unspecified atom stereocenters. The molecule has 0 spiro atoms. The molecular formula is C14H18N6O. The van der Waals surface area contributed by atoms with Crippen LogP contribution in [0.1, 0.15) is 25.7 Å². The minimum atomic E-state index is -0.0135. The number of fused-ring (bicyclic) bond motifs is 2. The van der Waals surface area contributed by atoms with Crippen LogP contribution < -0.4 is 16.1 Å². The van der Waals surface area contributed by atoms with Gasteiger partial charge in [0.25, 0.3) is 0 Å². The van der Waals surface area contributed by atoms with Crippen LogP contribution in [0.25, 0.3) is 0 Å². The molecule has 2 fully saturated rings. The average molecular weight is 286 g/mol. The lowest BCUT2D eigenvalue weighted by atomic mass is 9.96. The number of rotatable bonds is 2. The standard InChI is InChI=1S/C14H18N6O/c15-8-17-14(18-11-3-4-13(16)20(21)7-11)19-12-6-9-1-2-10(12)5-9/h3-4,7,9-10,12,16,21H,1-2,5-6H2,(H2,17,18,19)/t9-,10+,12?/m0/s1. The molecule has 21 heavy (non-hydrogen) atoms. The minimum Gasteiger partial charge on any atom is -0.427 e. The third kappa shape index (κ3) is 2.84. The van der Waals surface area contributed by atoms with Crippen LogP contribution in [0.2, 0.25) is 0 Å². The molecule has 3 atom stereocenters. The van der Waals surface area contributed by atoms with Crippen LogP contribution in [-0.4, -0.2) is 21.9 Å². The molecule has 0 saturated heterocycles. The summed E-state index contributed by atoms with van der Waals surface area (Å²) in [6.07, 6.45) is 8.13. The molecular weight excluding hydrogens is 268 g/mol. The zero-order valence-electron chi connectivity index (χ0n) is 11.6. The van der Waals surface area contributed by atoms with Crippen molar-refractivity contribution in [3.8, 4) is 6.19 Å². The van der Waals surface area contributed by atoms with Crippen molar-refractivity contribution in [2.45, 2.75) is 31.7 Å². The normalized spacial score (nSPS) is 27.4. The fourth-order valence-corrected chi connectivity index (χ4v) is 3.38. The van der Waals surface area contributed by atoms with E-state index in [0.717, 1.165) is 12.3 Å². The topological polar surface area (TPSA) is 109 Å². The molecule has 0 amide bonds. The summed E-state index contributed by atoms with van der Waals surface area (Å²) in [7, 11) is 0.